The molecule has 0 unspecified atom stereocenters. The van der Waals surface area contributed by atoms with E-state index < -0.39 is 5.97 Å². The summed E-state index contributed by atoms with van der Waals surface area (Å²) in [4.78, 5) is 24.4. The minimum absolute atomic E-state index is 0.0268. The van der Waals surface area contributed by atoms with Crippen molar-refractivity contribution < 1.29 is 14.7 Å². The number of carbonyl (C=O) groups is 2. The van der Waals surface area contributed by atoms with Crippen LogP contribution in [0.4, 0.5) is 0 Å². The molecular weight excluding hydrogens is 274 g/mol. The monoisotopic (exact) mass is 295 g/mol. The Bertz CT molecular complexity index is 508. The van der Waals surface area contributed by atoms with Crippen LogP contribution in [0.25, 0.3) is 0 Å². The second-order valence-corrected chi connectivity index (χ2v) is 5.77. The number of aromatic nitrogens is 3. The van der Waals surface area contributed by atoms with E-state index in [2.05, 4.69) is 29.5 Å². The summed E-state index contributed by atoms with van der Waals surface area (Å²) in [5.41, 5.74) is -0.0557. The van der Waals surface area contributed by atoms with Gasteiger partial charge in [-0.25, -0.2) is 9.48 Å². The number of hydrogen-bond acceptors (Lipinski definition) is 5. The second kappa shape index (κ2) is 6.66. The van der Waals surface area contributed by atoms with Crippen LogP contribution in [0.5, 0.6) is 0 Å². The van der Waals surface area contributed by atoms with Crippen LogP contribution < -0.4 is 5.32 Å². The third-order valence-corrected chi connectivity index (χ3v) is 3.45. The van der Waals surface area contributed by atoms with Crippen LogP contribution >= 0.6 is 0 Å². The van der Waals surface area contributed by atoms with Crippen molar-refractivity contribution in [3.05, 3.63) is 11.9 Å². The zero-order valence-electron chi connectivity index (χ0n) is 12.3. The van der Waals surface area contributed by atoms with Gasteiger partial charge in [0.2, 0.25) is 5.91 Å². The van der Waals surface area contributed by atoms with E-state index >= 15 is 0 Å². The summed E-state index contributed by atoms with van der Waals surface area (Å²) in [6, 6.07) is 0.0917. The number of hydrogen-bond donors (Lipinski definition) is 2. The first kappa shape index (κ1) is 15.4. The third-order valence-electron chi connectivity index (χ3n) is 3.45. The molecule has 1 aliphatic heterocycles. The van der Waals surface area contributed by atoms with Crippen LogP contribution in [-0.2, 0) is 4.79 Å². The van der Waals surface area contributed by atoms with E-state index in [9.17, 15) is 9.59 Å². The Labute approximate surface area is 123 Å². The number of amides is 1. The maximum Gasteiger partial charge on any atom is 0.358 e. The molecule has 1 aromatic heterocycles. The highest BCUT2D eigenvalue weighted by Gasteiger charge is 2.30. The summed E-state index contributed by atoms with van der Waals surface area (Å²) in [6.45, 7) is 6.68. The molecule has 21 heavy (non-hydrogen) atoms. The molecular formula is C13H21N5O3. The zero-order valence-corrected chi connectivity index (χ0v) is 12.3. The number of nitrogens with zero attached hydrogens (tertiary/aromatic N) is 4. The topological polar surface area (TPSA) is 100 Å². The van der Waals surface area contributed by atoms with E-state index in [1.165, 1.54) is 6.20 Å². The van der Waals surface area contributed by atoms with Gasteiger partial charge in [-0.15, -0.1) is 5.10 Å². The predicted molar refractivity (Wildman–Crippen MR) is 74.9 cm³/mol. The van der Waals surface area contributed by atoms with Crippen molar-refractivity contribution in [2.24, 2.45) is 5.92 Å². The summed E-state index contributed by atoms with van der Waals surface area (Å²) >= 11 is 0. The molecule has 0 saturated carbocycles. The van der Waals surface area contributed by atoms with Crippen LogP contribution in [0.1, 0.15) is 36.8 Å². The van der Waals surface area contributed by atoms with Gasteiger partial charge < -0.3 is 10.4 Å². The lowest BCUT2D eigenvalue weighted by atomic mass is 10.1. The van der Waals surface area contributed by atoms with E-state index in [4.69, 9.17) is 5.11 Å². The maximum absolute atomic E-state index is 11.7. The predicted octanol–water partition coefficient (Wildman–Crippen LogP) is -0.00470. The second-order valence-electron chi connectivity index (χ2n) is 5.77. The Kier molecular flexibility index (Phi) is 4.89. The van der Waals surface area contributed by atoms with Gasteiger partial charge in [0.1, 0.15) is 0 Å². The summed E-state index contributed by atoms with van der Waals surface area (Å²) in [5, 5.41) is 19.1. The first-order chi connectivity index (χ1) is 9.95. The molecule has 0 aliphatic carbocycles. The molecule has 2 rings (SSSR count). The SMILES string of the molecule is CC(C)CCNC(=O)CN1CC(n2cc(C(=O)O)nn2)C1. The van der Waals surface area contributed by atoms with Gasteiger partial charge >= 0.3 is 5.97 Å². The van der Waals surface area contributed by atoms with Crippen LogP contribution in [0.2, 0.25) is 0 Å². The molecule has 1 aliphatic rings. The first-order valence-electron chi connectivity index (χ1n) is 7.10. The largest absolute Gasteiger partial charge is 0.476 e. The smallest absolute Gasteiger partial charge is 0.358 e. The van der Waals surface area contributed by atoms with Gasteiger partial charge in [-0.3, -0.25) is 9.69 Å². The van der Waals surface area contributed by atoms with Crippen LogP contribution in [0.3, 0.4) is 0 Å². The van der Waals surface area contributed by atoms with Gasteiger partial charge in [0, 0.05) is 19.6 Å². The number of aromatic carboxylic acids is 1. The standard InChI is InChI=1S/C13H21N5O3/c1-9(2)3-4-14-12(19)8-17-5-10(6-17)18-7-11(13(20)21)15-16-18/h7,9-10H,3-6,8H2,1-2H3,(H,14,19)(H,20,21). The van der Waals surface area contributed by atoms with Crippen LogP contribution in [-0.4, -0.2) is 63.1 Å². The molecule has 0 radical (unpaired) electrons. The van der Waals surface area contributed by atoms with Crippen molar-refractivity contribution in [2.75, 3.05) is 26.2 Å². The highest BCUT2D eigenvalue weighted by Crippen LogP contribution is 2.19. The Morgan fingerprint density at radius 1 is 1.48 bits per heavy atom. The van der Waals surface area contributed by atoms with Gasteiger partial charge in [-0.2, -0.15) is 0 Å². The molecule has 0 atom stereocenters. The summed E-state index contributed by atoms with van der Waals surface area (Å²) in [7, 11) is 0. The lowest BCUT2D eigenvalue weighted by Crippen LogP contribution is -2.51. The molecule has 2 heterocycles. The Balaban J connectivity index is 1.68. The quantitative estimate of drug-likeness (QED) is 0.734. The normalized spacial score (nSPS) is 16.0. The van der Waals surface area contributed by atoms with Crippen LogP contribution in [0, 0.1) is 5.92 Å². The van der Waals surface area contributed by atoms with Crippen molar-refractivity contribution >= 4 is 11.9 Å². The highest BCUT2D eigenvalue weighted by atomic mass is 16.4. The van der Waals surface area contributed by atoms with Crippen molar-refractivity contribution in [1.29, 1.82) is 0 Å². The lowest BCUT2D eigenvalue weighted by Gasteiger charge is -2.38. The van der Waals surface area contributed by atoms with Gasteiger partial charge in [-0.05, 0) is 12.3 Å². The molecule has 0 aromatic carbocycles. The van der Waals surface area contributed by atoms with Crippen molar-refractivity contribution in [3.63, 3.8) is 0 Å². The fourth-order valence-corrected chi connectivity index (χ4v) is 2.15. The molecule has 116 valence electrons. The number of carboxylic acid groups (broad SMARTS) is 1. The first-order valence-corrected chi connectivity index (χ1v) is 7.10. The average Bonchev–Trinajstić information content (AvgIpc) is 2.82. The molecule has 8 nitrogen and oxygen atoms in total. The minimum Gasteiger partial charge on any atom is -0.476 e. The van der Waals surface area contributed by atoms with Crippen molar-refractivity contribution in [3.8, 4) is 0 Å². The lowest BCUT2D eigenvalue weighted by molar-refractivity contribution is -0.123. The fraction of sp³-hybridized carbons (Fsp3) is 0.692. The fourth-order valence-electron chi connectivity index (χ4n) is 2.15. The number of carbonyl (C=O) groups excluding carboxylic acids is 1. The maximum atomic E-state index is 11.7. The van der Waals surface area contributed by atoms with Gasteiger partial charge in [-0.1, -0.05) is 19.1 Å². The van der Waals surface area contributed by atoms with E-state index in [-0.39, 0.29) is 17.6 Å². The van der Waals surface area contributed by atoms with Crippen molar-refractivity contribution in [1.82, 2.24) is 25.2 Å². The molecule has 1 aromatic rings. The van der Waals surface area contributed by atoms with Gasteiger partial charge in [0.05, 0.1) is 18.8 Å². The molecule has 2 N–H and O–H groups in total. The third kappa shape index (κ3) is 4.25. The molecule has 1 amide bonds. The summed E-state index contributed by atoms with van der Waals surface area (Å²) in [6.07, 6.45) is 2.40. The van der Waals surface area contributed by atoms with E-state index in [0.29, 0.717) is 32.1 Å². The Hall–Kier alpha value is -1.96. The number of likely N-dealkylation sites (tertiary alicyclic amines) is 1. The zero-order chi connectivity index (χ0) is 15.4. The molecule has 8 heteroatoms. The highest BCUT2D eigenvalue weighted by molar-refractivity contribution is 5.84. The average molecular weight is 295 g/mol. The summed E-state index contributed by atoms with van der Waals surface area (Å²) in [5.74, 6) is -0.477. The number of carboxylic acids is 1. The van der Waals surface area contributed by atoms with E-state index in [1.807, 2.05) is 4.90 Å². The number of nitrogens with one attached hydrogen (secondary N) is 1. The molecule has 0 spiro atoms. The molecule has 0 bridgehead atoms. The molecule has 1 fully saturated rings. The van der Waals surface area contributed by atoms with Gasteiger partial charge in [0.15, 0.2) is 5.69 Å². The Morgan fingerprint density at radius 3 is 2.76 bits per heavy atom. The summed E-state index contributed by atoms with van der Waals surface area (Å²) < 4.78 is 1.55. The van der Waals surface area contributed by atoms with E-state index in [1.54, 1.807) is 4.68 Å². The van der Waals surface area contributed by atoms with Gasteiger partial charge in [0.25, 0.3) is 0 Å². The van der Waals surface area contributed by atoms with Crippen molar-refractivity contribution in [2.45, 2.75) is 26.3 Å². The van der Waals surface area contributed by atoms with Crippen LogP contribution in [0.15, 0.2) is 6.20 Å². The minimum atomic E-state index is -1.08. The molecule has 1 saturated heterocycles. The Morgan fingerprint density at radius 2 is 2.19 bits per heavy atom. The number of rotatable bonds is 7. The van der Waals surface area contributed by atoms with E-state index in [0.717, 1.165) is 6.42 Å².